The van der Waals surface area contributed by atoms with Crippen molar-refractivity contribution in [3.8, 4) is 5.75 Å². The predicted molar refractivity (Wildman–Crippen MR) is 72.1 cm³/mol. The van der Waals surface area contributed by atoms with Gasteiger partial charge in [0.15, 0.2) is 11.6 Å². The fourth-order valence-corrected chi connectivity index (χ4v) is 1.97. The second-order valence-electron chi connectivity index (χ2n) is 4.70. The molecule has 1 aromatic carbocycles. The van der Waals surface area contributed by atoms with E-state index in [-0.39, 0.29) is 24.3 Å². The maximum absolute atomic E-state index is 12.9. The lowest BCUT2D eigenvalue weighted by molar-refractivity contribution is -0.122. The van der Waals surface area contributed by atoms with Crippen molar-refractivity contribution in [1.82, 2.24) is 10.6 Å². The summed E-state index contributed by atoms with van der Waals surface area (Å²) >= 11 is 0. The highest BCUT2D eigenvalue weighted by Gasteiger charge is 2.16. The van der Waals surface area contributed by atoms with Crippen LogP contribution in [0.15, 0.2) is 18.2 Å². The molecule has 2 N–H and O–H groups in total. The van der Waals surface area contributed by atoms with Crippen molar-refractivity contribution < 1.29 is 23.0 Å². The first-order valence-corrected chi connectivity index (χ1v) is 6.81. The summed E-state index contributed by atoms with van der Waals surface area (Å²) in [4.78, 5) is 11.6. The molecule has 116 valence electrons. The number of ether oxygens (including phenoxy) is 2. The lowest BCUT2D eigenvalue weighted by Crippen LogP contribution is -2.44. The van der Waals surface area contributed by atoms with Crippen LogP contribution in [-0.4, -0.2) is 44.9 Å². The zero-order valence-corrected chi connectivity index (χ0v) is 11.5. The molecule has 21 heavy (non-hydrogen) atoms. The molecule has 1 aromatic rings. The molecule has 1 unspecified atom stereocenters. The van der Waals surface area contributed by atoms with Crippen LogP contribution in [0.25, 0.3) is 0 Å². The average Bonchev–Trinajstić information content (AvgIpc) is 2.48. The molecular formula is C14H18F2N2O3. The van der Waals surface area contributed by atoms with Gasteiger partial charge < -0.3 is 20.1 Å². The summed E-state index contributed by atoms with van der Waals surface area (Å²) < 4.78 is 36.1. The number of benzene rings is 1. The zero-order chi connectivity index (χ0) is 15.1. The molecule has 0 bridgehead atoms. The van der Waals surface area contributed by atoms with E-state index in [1.807, 2.05) is 0 Å². The molecule has 0 aromatic heterocycles. The topological polar surface area (TPSA) is 59.6 Å². The minimum atomic E-state index is -0.958. The van der Waals surface area contributed by atoms with Crippen LogP contribution in [0.3, 0.4) is 0 Å². The number of nitrogens with one attached hydrogen (secondary N) is 2. The number of hydrogen-bond acceptors (Lipinski definition) is 4. The lowest BCUT2D eigenvalue weighted by Gasteiger charge is -2.23. The molecule has 1 atom stereocenters. The van der Waals surface area contributed by atoms with Gasteiger partial charge in [-0.05, 0) is 12.1 Å². The van der Waals surface area contributed by atoms with E-state index in [0.29, 0.717) is 26.2 Å². The third kappa shape index (κ3) is 5.28. The number of rotatable bonds is 6. The molecule has 7 heteroatoms. The normalized spacial score (nSPS) is 18.3. The molecule has 1 amide bonds. The largest absolute Gasteiger partial charge is 0.492 e. The quantitative estimate of drug-likeness (QED) is 0.764. The Morgan fingerprint density at radius 2 is 2.29 bits per heavy atom. The summed E-state index contributed by atoms with van der Waals surface area (Å²) in [7, 11) is 0. The summed E-state index contributed by atoms with van der Waals surface area (Å²) in [5.74, 6) is -1.75. The van der Waals surface area contributed by atoms with E-state index in [9.17, 15) is 13.6 Å². The number of amides is 1. The summed E-state index contributed by atoms with van der Waals surface area (Å²) in [5.41, 5.74) is 0. The van der Waals surface area contributed by atoms with Crippen molar-refractivity contribution in [3.05, 3.63) is 29.8 Å². The molecule has 0 radical (unpaired) electrons. The first-order chi connectivity index (χ1) is 10.1. The SMILES string of the molecule is O=C(CC1COCCN1)NCCOc1ccc(F)c(F)c1. The number of halogens is 2. The Labute approximate surface area is 121 Å². The van der Waals surface area contributed by atoms with E-state index >= 15 is 0 Å². The molecule has 0 spiro atoms. The molecule has 1 fully saturated rings. The maximum Gasteiger partial charge on any atom is 0.221 e. The monoisotopic (exact) mass is 300 g/mol. The minimum Gasteiger partial charge on any atom is -0.492 e. The molecular weight excluding hydrogens is 282 g/mol. The van der Waals surface area contributed by atoms with Crippen molar-refractivity contribution in [2.75, 3.05) is 32.9 Å². The second-order valence-corrected chi connectivity index (χ2v) is 4.70. The van der Waals surface area contributed by atoms with Crippen molar-refractivity contribution in [1.29, 1.82) is 0 Å². The first-order valence-electron chi connectivity index (χ1n) is 6.81. The summed E-state index contributed by atoms with van der Waals surface area (Å²) in [6.07, 6.45) is 0.338. The number of carbonyl (C=O) groups is 1. The number of hydrogen-bond donors (Lipinski definition) is 2. The first kappa shape index (κ1) is 15.7. The van der Waals surface area contributed by atoms with Crippen LogP contribution < -0.4 is 15.4 Å². The highest BCUT2D eigenvalue weighted by Crippen LogP contribution is 2.14. The minimum absolute atomic E-state index is 0.0332. The molecule has 1 aliphatic heterocycles. The molecule has 0 saturated carbocycles. The van der Waals surface area contributed by atoms with Gasteiger partial charge in [-0.2, -0.15) is 0 Å². The molecule has 2 rings (SSSR count). The van der Waals surface area contributed by atoms with Gasteiger partial charge in [0.25, 0.3) is 0 Å². The van der Waals surface area contributed by atoms with Crippen LogP contribution in [0, 0.1) is 11.6 Å². The summed E-state index contributed by atoms with van der Waals surface area (Å²) in [6.45, 7) is 2.42. The van der Waals surface area contributed by atoms with Crippen LogP contribution in [0.2, 0.25) is 0 Å². The molecule has 5 nitrogen and oxygen atoms in total. The Balaban J connectivity index is 1.62. The van der Waals surface area contributed by atoms with E-state index < -0.39 is 11.6 Å². The Morgan fingerprint density at radius 1 is 1.43 bits per heavy atom. The van der Waals surface area contributed by atoms with E-state index in [4.69, 9.17) is 9.47 Å². The smallest absolute Gasteiger partial charge is 0.221 e. The molecule has 1 aliphatic rings. The van der Waals surface area contributed by atoms with Gasteiger partial charge in [0.1, 0.15) is 12.4 Å². The summed E-state index contributed by atoms with van der Waals surface area (Å²) in [6, 6.07) is 3.34. The maximum atomic E-state index is 12.9. The third-order valence-corrected chi connectivity index (χ3v) is 3.01. The summed E-state index contributed by atoms with van der Waals surface area (Å²) in [5, 5.41) is 5.88. The van der Waals surface area contributed by atoms with Gasteiger partial charge in [0.05, 0.1) is 19.8 Å². The standard InChI is InChI=1S/C14H18F2N2O3/c15-12-2-1-11(8-13(12)16)21-6-4-18-14(19)7-10-9-20-5-3-17-10/h1-2,8,10,17H,3-7,9H2,(H,18,19). The van der Waals surface area contributed by atoms with Gasteiger partial charge in [-0.15, -0.1) is 0 Å². The van der Waals surface area contributed by atoms with Crippen molar-refractivity contribution in [2.45, 2.75) is 12.5 Å². The van der Waals surface area contributed by atoms with Gasteiger partial charge in [0, 0.05) is 25.1 Å². The Kier molecular flexibility index (Phi) is 5.89. The molecule has 1 heterocycles. The van der Waals surface area contributed by atoms with Gasteiger partial charge in [0.2, 0.25) is 5.91 Å². The molecule has 1 saturated heterocycles. The Bertz CT molecular complexity index is 479. The number of carbonyl (C=O) groups excluding carboxylic acids is 1. The van der Waals surface area contributed by atoms with E-state index in [0.717, 1.165) is 18.7 Å². The Hall–Kier alpha value is -1.73. The van der Waals surface area contributed by atoms with E-state index in [1.54, 1.807) is 0 Å². The van der Waals surface area contributed by atoms with Crippen LogP contribution in [0.4, 0.5) is 8.78 Å². The van der Waals surface area contributed by atoms with Gasteiger partial charge >= 0.3 is 0 Å². The van der Waals surface area contributed by atoms with Gasteiger partial charge in [-0.25, -0.2) is 8.78 Å². The highest BCUT2D eigenvalue weighted by atomic mass is 19.2. The van der Waals surface area contributed by atoms with Crippen molar-refractivity contribution in [3.63, 3.8) is 0 Å². The van der Waals surface area contributed by atoms with Crippen molar-refractivity contribution >= 4 is 5.91 Å². The van der Waals surface area contributed by atoms with Crippen LogP contribution in [-0.2, 0) is 9.53 Å². The second kappa shape index (κ2) is 7.90. The van der Waals surface area contributed by atoms with Crippen LogP contribution in [0.1, 0.15) is 6.42 Å². The van der Waals surface area contributed by atoms with E-state index in [1.165, 1.54) is 6.07 Å². The van der Waals surface area contributed by atoms with Gasteiger partial charge in [-0.1, -0.05) is 0 Å². The molecule has 0 aliphatic carbocycles. The number of morpholine rings is 1. The lowest BCUT2D eigenvalue weighted by atomic mass is 10.2. The predicted octanol–water partition coefficient (Wildman–Crippen LogP) is 0.838. The average molecular weight is 300 g/mol. The third-order valence-electron chi connectivity index (χ3n) is 3.01. The fraction of sp³-hybridized carbons (Fsp3) is 0.500. The Morgan fingerprint density at radius 3 is 3.00 bits per heavy atom. The van der Waals surface area contributed by atoms with Crippen LogP contribution in [0.5, 0.6) is 5.75 Å². The van der Waals surface area contributed by atoms with E-state index in [2.05, 4.69) is 10.6 Å². The van der Waals surface area contributed by atoms with Crippen molar-refractivity contribution in [2.24, 2.45) is 0 Å². The van der Waals surface area contributed by atoms with Gasteiger partial charge in [-0.3, -0.25) is 4.79 Å². The van der Waals surface area contributed by atoms with Crippen LogP contribution >= 0.6 is 0 Å². The highest BCUT2D eigenvalue weighted by molar-refractivity contribution is 5.76. The zero-order valence-electron chi connectivity index (χ0n) is 11.5. The fourth-order valence-electron chi connectivity index (χ4n) is 1.97.